The molecule has 3 N–H and O–H groups in total. The summed E-state index contributed by atoms with van der Waals surface area (Å²) in [5, 5.41) is 21.1. The lowest BCUT2D eigenvalue weighted by molar-refractivity contribution is -0.143. The van der Waals surface area contributed by atoms with E-state index in [1.807, 2.05) is 0 Å². The molecule has 1 saturated heterocycles. The molecule has 1 fully saturated rings. The Balaban J connectivity index is 2.67. The molecule has 0 radical (unpaired) electrons. The van der Waals surface area contributed by atoms with E-state index in [9.17, 15) is 24.3 Å². The third kappa shape index (κ3) is 5.65. The maximum Gasteiger partial charge on any atom is 0.330 e. The third-order valence-corrected chi connectivity index (χ3v) is 3.51. The summed E-state index contributed by atoms with van der Waals surface area (Å²) in [5.41, 5.74) is 0. The summed E-state index contributed by atoms with van der Waals surface area (Å²) in [6.45, 7) is 3.15. The highest BCUT2D eigenvalue weighted by Crippen LogP contribution is 2.18. The molecule has 0 aromatic rings. The van der Waals surface area contributed by atoms with Gasteiger partial charge in [-0.3, -0.25) is 9.59 Å². The van der Waals surface area contributed by atoms with Crippen molar-refractivity contribution in [1.29, 1.82) is 0 Å². The zero-order chi connectivity index (χ0) is 18.3. The van der Waals surface area contributed by atoms with Crippen molar-refractivity contribution in [1.82, 2.24) is 10.2 Å². The van der Waals surface area contributed by atoms with E-state index in [0.717, 1.165) is 6.08 Å². The number of carbonyl (C=O) groups is 4. The molecule has 9 heteroatoms. The first kappa shape index (κ1) is 19.6. The Morgan fingerprint density at radius 3 is 2.58 bits per heavy atom. The van der Waals surface area contributed by atoms with Gasteiger partial charge in [0.1, 0.15) is 12.1 Å². The lowest BCUT2D eigenvalue weighted by Crippen LogP contribution is -2.50. The van der Waals surface area contributed by atoms with E-state index in [2.05, 4.69) is 10.1 Å². The number of likely N-dealkylation sites (tertiary alicyclic amines) is 1. The van der Waals surface area contributed by atoms with Gasteiger partial charge in [0, 0.05) is 26.0 Å². The van der Waals surface area contributed by atoms with Gasteiger partial charge in [0.15, 0.2) is 0 Å². The summed E-state index contributed by atoms with van der Waals surface area (Å²) in [5.74, 6) is -2.90. The van der Waals surface area contributed by atoms with Crippen molar-refractivity contribution < 1.29 is 34.1 Å². The molecule has 1 heterocycles. The van der Waals surface area contributed by atoms with Gasteiger partial charge in [-0.15, -0.1) is 0 Å². The van der Waals surface area contributed by atoms with E-state index in [-0.39, 0.29) is 31.9 Å². The van der Waals surface area contributed by atoms with Crippen molar-refractivity contribution >= 4 is 23.8 Å². The van der Waals surface area contributed by atoms with Crippen molar-refractivity contribution in [3.8, 4) is 0 Å². The standard InChI is InChI=1S/C15H22N2O7/c1-3-24-13(20)6-4-5-11(15(22)23)16-14(21)12-7-10(19)8-17(12)9(2)18/h4,6,10-12,19H,3,5,7-8H2,1-2H3,(H,16,21)(H,22,23)/b6-4+/t10-,11+,12+/m1/s1. The van der Waals surface area contributed by atoms with E-state index >= 15 is 0 Å². The zero-order valence-electron chi connectivity index (χ0n) is 13.6. The van der Waals surface area contributed by atoms with Crippen LogP contribution in [0.1, 0.15) is 26.7 Å². The minimum Gasteiger partial charge on any atom is -0.480 e. The first-order valence-corrected chi connectivity index (χ1v) is 7.58. The number of amides is 2. The number of nitrogens with zero attached hydrogens (tertiary/aromatic N) is 1. The molecule has 0 spiro atoms. The lowest BCUT2D eigenvalue weighted by atomic mass is 10.1. The summed E-state index contributed by atoms with van der Waals surface area (Å²) < 4.78 is 4.67. The van der Waals surface area contributed by atoms with E-state index < -0.39 is 36.0 Å². The second-order valence-corrected chi connectivity index (χ2v) is 5.37. The Morgan fingerprint density at radius 1 is 1.38 bits per heavy atom. The van der Waals surface area contributed by atoms with Gasteiger partial charge in [0.25, 0.3) is 0 Å². The van der Waals surface area contributed by atoms with Crippen molar-refractivity contribution in [2.45, 2.75) is 44.9 Å². The highest BCUT2D eigenvalue weighted by molar-refractivity contribution is 5.90. The summed E-state index contributed by atoms with van der Waals surface area (Å²) in [7, 11) is 0. The van der Waals surface area contributed by atoms with E-state index in [4.69, 9.17) is 5.11 Å². The number of carbonyl (C=O) groups excluding carboxylic acids is 3. The van der Waals surface area contributed by atoms with Crippen LogP contribution in [0.4, 0.5) is 0 Å². The molecule has 0 bridgehead atoms. The van der Waals surface area contributed by atoms with E-state index in [1.54, 1.807) is 6.92 Å². The minimum atomic E-state index is -1.27. The molecule has 0 unspecified atom stereocenters. The largest absolute Gasteiger partial charge is 0.480 e. The number of esters is 1. The maximum atomic E-state index is 12.2. The maximum absolute atomic E-state index is 12.2. The molecule has 1 rings (SSSR count). The number of aliphatic hydroxyl groups excluding tert-OH is 1. The fraction of sp³-hybridized carbons (Fsp3) is 0.600. The number of β-amino-alcohol motifs (C(OH)–C–C–N with tert-alkyl or cyclic N) is 1. The number of hydrogen-bond acceptors (Lipinski definition) is 6. The monoisotopic (exact) mass is 342 g/mol. The average Bonchev–Trinajstić information content (AvgIpc) is 2.88. The number of hydrogen-bond donors (Lipinski definition) is 3. The van der Waals surface area contributed by atoms with Crippen LogP contribution in [-0.2, 0) is 23.9 Å². The van der Waals surface area contributed by atoms with Gasteiger partial charge in [-0.2, -0.15) is 0 Å². The zero-order valence-corrected chi connectivity index (χ0v) is 13.6. The Bertz CT molecular complexity index is 532. The smallest absolute Gasteiger partial charge is 0.330 e. The van der Waals surface area contributed by atoms with Crippen LogP contribution in [0.2, 0.25) is 0 Å². The van der Waals surface area contributed by atoms with Crippen molar-refractivity contribution in [2.75, 3.05) is 13.2 Å². The van der Waals surface area contributed by atoms with Crippen LogP contribution in [0.15, 0.2) is 12.2 Å². The summed E-state index contributed by atoms with van der Waals surface area (Å²) >= 11 is 0. The SMILES string of the molecule is CCOC(=O)/C=C/C[C@H](NC(=O)[C@@H]1C[C@@H](O)CN1C(C)=O)C(=O)O. The molecular weight excluding hydrogens is 320 g/mol. The normalized spacial score (nSPS) is 21.5. The quantitative estimate of drug-likeness (QED) is 0.401. The van der Waals surface area contributed by atoms with Crippen LogP contribution in [0.25, 0.3) is 0 Å². The second kappa shape index (κ2) is 9.02. The molecule has 1 aliphatic heterocycles. The molecule has 1 aliphatic rings. The molecule has 2 amide bonds. The number of rotatable bonds is 7. The van der Waals surface area contributed by atoms with Gasteiger partial charge in [0.05, 0.1) is 12.7 Å². The molecule has 0 saturated carbocycles. The summed E-state index contributed by atoms with van der Waals surface area (Å²) in [6.07, 6.45) is 1.50. The van der Waals surface area contributed by atoms with Gasteiger partial charge >= 0.3 is 11.9 Å². The second-order valence-electron chi connectivity index (χ2n) is 5.37. The number of carboxylic acids is 1. The topological polar surface area (TPSA) is 133 Å². The van der Waals surface area contributed by atoms with Gasteiger partial charge in [0.2, 0.25) is 11.8 Å². The number of carboxylic acid groups (broad SMARTS) is 1. The first-order valence-electron chi connectivity index (χ1n) is 7.58. The predicted molar refractivity (Wildman–Crippen MR) is 81.8 cm³/mol. The van der Waals surface area contributed by atoms with E-state index in [1.165, 1.54) is 17.9 Å². The van der Waals surface area contributed by atoms with Crippen LogP contribution in [0.5, 0.6) is 0 Å². The molecule has 0 aromatic carbocycles. The number of aliphatic hydroxyl groups is 1. The molecule has 3 atom stereocenters. The fourth-order valence-corrected chi connectivity index (χ4v) is 2.39. The first-order chi connectivity index (χ1) is 11.3. The van der Waals surface area contributed by atoms with Crippen LogP contribution >= 0.6 is 0 Å². The molecular formula is C15H22N2O7. The molecule has 134 valence electrons. The van der Waals surface area contributed by atoms with Crippen molar-refractivity contribution in [3.05, 3.63) is 12.2 Å². The predicted octanol–water partition coefficient (Wildman–Crippen LogP) is -0.953. The molecule has 9 nitrogen and oxygen atoms in total. The molecule has 0 aliphatic carbocycles. The number of aliphatic carboxylic acids is 1. The number of nitrogens with one attached hydrogen (secondary N) is 1. The van der Waals surface area contributed by atoms with Gasteiger partial charge < -0.3 is 25.2 Å². The Morgan fingerprint density at radius 2 is 2.04 bits per heavy atom. The highest BCUT2D eigenvalue weighted by atomic mass is 16.5. The van der Waals surface area contributed by atoms with Gasteiger partial charge in [-0.25, -0.2) is 9.59 Å². The molecule has 24 heavy (non-hydrogen) atoms. The van der Waals surface area contributed by atoms with Crippen LogP contribution < -0.4 is 5.32 Å². The van der Waals surface area contributed by atoms with Crippen molar-refractivity contribution in [3.63, 3.8) is 0 Å². The Kier molecular flexibility index (Phi) is 7.37. The average molecular weight is 342 g/mol. The van der Waals surface area contributed by atoms with Gasteiger partial charge in [-0.05, 0) is 13.3 Å². The molecule has 0 aromatic heterocycles. The van der Waals surface area contributed by atoms with Gasteiger partial charge in [-0.1, -0.05) is 6.08 Å². The summed E-state index contributed by atoms with van der Waals surface area (Å²) in [4.78, 5) is 47.3. The van der Waals surface area contributed by atoms with Crippen LogP contribution in [0.3, 0.4) is 0 Å². The lowest BCUT2D eigenvalue weighted by Gasteiger charge is -2.23. The summed E-state index contributed by atoms with van der Waals surface area (Å²) in [6, 6.07) is -2.16. The van der Waals surface area contributed by atoms with Crippen LogP contribution in [-0.4, -0.2) is 70.2 Å². The third-order valence-electron chi connectivity index (χ3n) is 3.51. The minimum absolute atomic E-state index is 0.0356. The Labute approximate surface area is 139 Å². The Hall–Kier alpha value is -2.42. The fourth-order valence-electron chi connectivity index (χ4n) is 2.39. The van der Waals surface area contributed by atoms with E-state index in [0.29, 0.717) is 0 Å². The highest BCUT2D eigenvalue weighted by Gasteiger charge is 2.38. The van der Waals surface area contributed by atoms with Crippen LogP contribution in [0, 0.1) is 0 Å². The number of ether oxygens (including phenoxy) is 1. The van der Waals surface area contributed by atoms with Crippen molar-refractivity contribution in [2.24, 2.45) is 0 Å².